The molecule has 0 saturated heterocycles. The molecule has 0 fully saturated rings. The topological polar surface area (TPSA) is 12.0 Å². The van der Waals surface area contributed by atoms with E-state index in [1.807, 2.05) is 6.07 Å². The van der Waals surface area contributed by atoms with Gasteiger partial charge in [-0.15, -0.1) is 0 Å². The summed E-state index contributed by atoms with van der Waals surface area (Å²) < 4.78 is 12.9. The molecule has 0 spiro atoms. The van der Waals surface area contributed by atoms with Gasteiger partial charge in [0.15, 0.2) is 0 Å². The second-order valence-corrected chi connectivity index (χ2v) is 4.48. The molecule has 1 aromatic carbocycles. The number of hydrogen-bond acceptors (Lipinski definition) is 1. The van der Waals surface area contributed by atoms with Crippen molar-refractivity contribution in [2.45, 2.75) is 27.3 Å². The zero-order chi connectivity index (χ0) is 11.3. The van der Waals surface area contributed by atoms with Gasteiger partial charge in [0.05, 0.1) is 0 Å². The zero-order valence-corrected chi connectivity index (χ0v) is 9.76. The fraction of sp³-hybridized carbons (Fsp3) is 0.538. The van der Waals surface area contributed by atoms with Crippen molar-refractivity contribution in [3.63, 3.8) is 0 Å². The van der Waals surface area contributed by atoms with Crippen molar-refractivity contribution in [1.29, 1.82) is 0 Å². The normalized spacial score (nSPS) is 13.1. The minimum Gasteiger partial charge on any atom is -0.312 e. The van der Waals surface area contributed by atoms with E-state index in [1.54, 1.807) is 12.1 Å². The van der Waals surface area contributed by atoms with Gasteiger partial charge < -0.3 is 5.32 Å². The maximum atomic E-state index is 12.9. The van der Waals surface area contributed by atoms with Crippen LogP contribution in [0.25, 0.3) is 0 Å². The molecule has 1 N–H and O–H groups in total. The van der Waals surface area contributed by atoms with Crippen LogP contribution in [-0.4, -0.2) is 6.54 Å². The number of hydrogen-bond donors (Lipinski definition) is 1. The monoisotopic (exact) mass is 209 g/mol. The largest absolute Gasteiger partial charge is 0.312 e. The molecule has 0 heterocycles. The van der Waals surface area contributed by atoms with E-state index in [4.69, 9.17) is 0 Å². The van der Waals surface area contributed by atoms with Crippen molar-refractivity contribution in [3.8, 4) is 0 Å². The standard InChI is InChI=1S/C13H20FN/c1-10(2)11(3)8-15-9-12-5-4-6-13(14)7-12/h4-7,10-11,15H,8-9H2,1-3H3/t11-/m1/s1. The Morgan fingerprint density at radius 1 is 1.27 bits per heavy atom. The third-order valence-electron chi connectivity index (χ3n) is 2.82. The van der Waals surface area contributed by atoms with Gasteiger partial charge in [-0.25, -0.2) is 4.39 Å². The van der Waals surface area contributed by atoms with E-state index in [0.29, 0.717) is 11.8 Å². The summed E-state index contributed by atoms with van der Waals surface area (Å²) in [6, 6.07) is 6.74. The molecule has 15 heavy (non-hydrogen) atoms. The molecule has 2 heteroatoms. The number of nitrogens with one attached hydrogen (secondary N) is 1. The van der Waals surface area contributed by atoms with Gasteiger partial charge >= 0.3 is 0 Å². The van der Waals surface area contributed by atoms with Gasteiger partial charge in [-0.3, -0.25) is 0 Å². The molecule has 0 aliphatic heterocycles. The summed E-state index contributed by atoms with van der Waals surface area (Å²) >= 11 is 0. The average molecular weight is 209 g/mol. The average Bonchev–Trinajstić information content (AvgIpc) is 2.17. The Balaban J connectivity index is 2.32. The number of halogens is 1. The molecule has 0 amide bonds. The van der Waals surface area contributed by atoms with Gasteiger partial charge in [0.1, 0.15) is 5.82 Å². The van der Waals surface area contributed by atoms with Crippen LogP contribution < -0.4 is 5.32 Å². The highest BCUT2D eigenvalue weighted by Gasteiger charge is 2.05. The molecule has 0 aromatic heterocycles. The summed E-state index contributed by atoms with van der Waals surface area (Å²) in [6.45, 7) is 8.38. The molecule has 84 valence electrons. The smallest absolute Gasteiger partial charge is 0.123 e. The van der Waals surface area contributed by atoms with Crippen molar-refractivity contribution in [1.82, 2.24) is 5.32 Å². The molecule has 0 bridgehead atoms. The van der Waals surface area contributed by atoms with Gasteiger partial charge in [0.25, 0.3) is 0 Å². The maximum absolute atomic E-state index is 12.9. The lowest BCUT2D eigenvalue weighted by atomic mass is 9.98. The minimum atomic E-state index is -0.161. The molecular weight excluding hydrogens is 189 g/mol. The van der Waals surface area contributed by atoms with E-state index in [-0.39, 0.29) is 5.82 Å². The highest BCUT2D eigenvalue weighted by Crippen LogP contribution is 2.08. The van der Waals surface area contributed by atoms with Crippen LogP contribution in [0.15, 0.2) is 24.3 Å². The van der Waals surface area contributed by atoms with Crippen molar-refractivity contribution < 1.29 is 4.39 Å². The molecule has 0 unspecified atom stereocenters. The van der Waals surface area contributed by atoms with Crippen molar-refractivity contribution in [2.75, 3.05) is 6.54 Å². The van der Waals surface area contributed by atoms with E-state index in [9.17, 15) is 4.39 Å². The summed E-state index contributed by atoms with van der Waals surface area (Å²) in [6.07, 6.45) is 0. The Morgan fingerprint density at radius 2 is 2.00 bits per heavy atom. The SMILES string of the molecule is CC(C)[C@H](C)CNCc1cccc(F)c1. The van der Waals surface area contributed by atoms with Crippen LogP contribution in [0.3, 0.4) is 0 Å². The molecule has 1 nitrogen and oxygen atoms in total. The van der Waals surface area contributed by atoms with Gasteiger partial charge in [-0.2, -0.15) is 0 Å². The predicted octanol–water partition coefficient (Wildman–Crippen LogP) is 3.21. The van der Waals surface area contributed by atoms with E-state index < -0.39 is 0 Å². The molecule has 0 aliphatic rings. The highest BCUT2D eigenvalue weighted by molar-refractivity contribution is 5.15. The lowest BCUT2D eigenvalue weighted by Gasteiger charge is -2.16. The Hall–Kier alpha value is -0.890. The van der Waals surface area contributed by atoms with E-state index in [2.05, 4.69) is 26.1 Å². The fourth-order valence-corrected chi connectivity index (χ4v) is 1.33. The second-order valence-electron chi connectivity index (χ2n) is 4.48. The summed E-state index contributed by atoms with van der Waals surface area (Å²) in [5.41, 5.74) is 1.01. The fourth-order valence-electron chi connectivity index (χ4n) is 1.33. The molecule has 0 saturated carbocycles. The summed E-state index contributed by atoms with van der Waals surface area (Å²) in [5.74, 6) is 1.18. The molecular formula is C13H20FN. The van der Waals surface area contributed by atoms with Crippen molar-refractivity contribution in [3.05, 3.63) is 35.6 Å². The zero-order valence-electron chi connectivity index (χ0n) is 9.76. The van der Waals surface area contributed by atoms with Crippen molar-refractivity contribution >= 4 is 0 Å². The van der Waals surface area contributed by atoms with E-state index in [0.717, 1.165) is 18.7 Å². The van der Waals surface area contributed by atoms with Gasteiger partial charge in [-0.1, -0.05) is 32.9 Å². The molecule has 0 aliphatic carbocycles. The highest BCUT2D eigenvalue weighted by atomic mass is 19.1. The first-order valence-corrected chi connectivity index (χ1v) is 5.54. The van der Waals surface area contributed by atoms with Gasteiger partial charge in [0, 0.05) is 6.54 Å². The van der Waals surface area contributed by atoms with Gasteiger partial charge in [0.2, 0.25) is 0 Å². The Labute approximate surface area is 91.7 Å². The lowest BCUT2D eigenvalue weighted by molar-refractivity contribution is 0.392. The Bertz CT molecular complexity index is 296. The summed E-state index contributed by atoms with van der Waals surface area (Å²) in [5, 5.41) is 3.34. The minimum absolute atomic E-state index is 0.161. The Morgan fingerprint density at radius 3 is 2.60 bits per heavy atom. The van der Waals surface area contributed by atoms with Crippen LogP contribution in [0.1, 0.15) is 26.3 Å². The number of benzene rings is 1. The van der Waals surface area contributed by atoms with Crippen LogP contribution in [0.2, 0.25) is 0 Å². The Kier molecular flexibility index (Phi) is 4.76. The lowest BCUT2D eigenvalue weighted by Crippen LogP contribution is -2.23. The van der Waals surface area contributed by atoms with Crippen LogP contribution in [0.4, 0.5) is 4.39 Å². The van der Waals surface area contributed by atoms with Crippen LogP contribution in [0.5, 0.6) is 0 Å². The molecule has 1 atom stereocenters. The maximum Gasteiger partial charge on any atom is 0.123 e. The van der Waals surface area contributed by atoms with Gasteiger partial charge in [-0.05, 0) is 36.1 Å². The first-order valence-electron chi connectivity index (χ1n) is 5.54. The molecule has 1 rings (SSSR count). The van der Waals surface area contributed by atoms with Crippen LogP contribution >= 0.6 is 0 Å². The third-order valence-corrected chi connectivity index (χ3v) is 2.82. The quantitative estimate of drug-likeness (QED) is 0.785. The second kappa shape index (κ2) is 5.86. The summed E-state index contributed by atoms with van der Waals surface area (Å²) in [7, 11) is 0. The summed E-state index contributed by atoms with van der Waals surface area (Å²) in [4.78, 5) is 0. The van der Waals surface area contributed by atoms with Crippen LogP contribution in [-0.2, 0) is 6.54 Å². The van der Waals surface area contributed by atoms with E-state index >= 15 is 0 Å². The first kappa shape index (κ1) is 12.2. The van der Waals surface area contributed by atoms with Crippen LogP contribution in [0, 0.1) is 17.7 Å². The molecule has 1 aromatic rings. The third kappa shape index (κ3) is 4.43. The van der Waals surface area contributed by atoms with E-state index in [1.165, 1.54) is 6.07 Å². The first-order chi connectivity index (χ1) is 7.09. The predicted molar refractivity (Wildman–Crippen MR) is 62.1 cm³/mol. The number of rotatable bonds is 5. The molecule has 0 radical (unpaired) electrons. The van der Waals surface area contributed by atoms with Crippen molar-refractivity contribution in [2.24, 2.45) is 11.8 Å².